The average Bonchev–Trinajstić information content (AvgIpc) is 2.98. The fourth-order valence-electron chi connectivity index (χ4n) is 2.41. The smallest absolute Gasteiger partial charge is 0.268 e. The quantitative estimate of drug-likeness (QED) is 0.816. The molecule has 0 atom stereocenters. The second kappa shape index (κ2) is 5.91. The van der Waals surface area contributed by atoms with Gasteiger partial charge in [0.25, 0.3) is 5.91 Å². The van der Waals surface area contributed by atoms with Crippen molar-refractivity contribution in [3.05, 3.63) is 18.0 Å². The Kier molecular flexibility index (Phi) is 4.25. The van der Waals surface area contributed by atoms with Gasteiger partial charge in [-0.25, -0.2) is 0 Å². The topological polar surface area (TPSA) is 63.3 Å². The zero-order valence-corrected chi connectivity index (χ0v) is 11.0. The molecule has 0 radical (unpaired) electrons. The first kappa shape index (κ1) is 13.0. The van der Waals surface area contributed by atoms with Crippen LogP contribution < -0.4 is 11.1 Å². The Bertz CT molecular complexity index is 407. The van der Waals surface area contributed by atoms with Crippen molar-refractivity contribution in [1.82, 2.24) is 14.8 Å². The van der Waals surface area contributed by atoms with Crippen LogP contribution in [0.15, 0.2) is 12.3 Å². The molecule has 0 bridgehead atoms. The summed E-state index contributed by atoms with van der Waals surface area (Å²) in [4.78, 5) is 14.4. The number of amides is 1. The average molecular weight is 250 g/mol. The van der Waals surface area contributed by atoms with E-state index in [4.69, 9.17) is 5.73 Å². The van der Waals surface area contributed by atoms with E-state index >= 15 is 0 Å². The van der Waals surface area contributed by atoms with E-state index in [0.29, 0.717) is 17.9 Å². The summed E-state index contributed by atoms with van der Waals surface area (Å²) in [7, 11) is 0. The number of nitrogens with zero attached hydrogens (tertiary/aromatic N) is 2. The van der Waals surface area contributed by atoms with Crippen LogP contribution in [0.1, 0.15) is 30.3 Å². The van der Waals surface area contributed by atoms with E-state index in [1.165, 1.54) is 12.8 Å². The maximum absolute atomic E-state index is 12.0. The SMILES string of the molecule is CCn1cc(N)cc1C(=O)NCCN1CCCC1. The first-order valence-electron chi connectivity index (χ1n) is 6.67. The van der Waals surface area contributed by atoms with Crippen LogP contribution in [0.5, 0.6) is 0 Å². The Labute approximate surface area is 108 Å². The third-order valence-corrected chi connectivity index (χ3v) is 3.40. The van der Waals surface area contributed by atoms with Crippen LogP contribution in [-0.4, -0.2) is 41.6 Å². The van der Waals surface area contributed by atoms with Gasteiger partial charge in [-0.15, -0.1) is 0 Å². The Balaban J connectivity index is 1.83. The van der Waals surface area contributed by atoms with Crippen molar-refractivity contribution in [2.24, 2.45) is 0 Å². The molecule has 1 aromatic rings. The molecule has 0 aliphatic carbocycles. The van der Waals surface area contributed by atoms with Crippen molar-refractivity contribution < 1.29 is 4.79 Å². The molecule has 1 amide bonds. The Morgan fingerprint density at radius 2 is 2.17 bits per heavy atom. The zero-order chi connectivity index (χ0) is 13.0. The molecule has 0 aromatic carbocycles. The number of nitrogens with one attached hydrogen (secondary N) is 1. The van der Waals surface area contributed by atoms with Crippen LogP contribution in [0.25, 0.3) is 0 Å². The van der Waals surface area contributed by atoms with Crippen molar-refractivity contribution in [3.63, 3.8) is 0 Å². The minimum atomic E-state index is -0.0345. The second-order valence-electron chi connectivity index (χ2n) is 4.75. The number of likely N-dealkylation sites (tertiary alicyclic amines) is 1. The summed E-state index contributed by atoms with van der Waals surface area (Å²) in [6.45, 7) is 6.72. The lowest BCUT2D eigenvalue weighted by atomic mass is 10.3. The molecule has 2 heterocycles. The van der Waals surface area contributed by atoms with Crippen LogP contribution in [0.4, 0.5) is 5.69 Å². The normalized spacial score (nSPS) is 16.1. The third kappa shape index (κ3) is 3.04. The lowest BCUT2D eigenvalue weighted by Crippen LogP contribution is -2.34. The summed E-state index contributed by atoms with van der Waals surface area (Å²) in [5, 5.41) is 2.96. The highest BCUT2D eigenvalue weighted by Crippen LogP contribution is 2.10. The highest BCUT2D eigenvalue weighted by molar-refractivity contribution is 5.93. The van der Waals surface area contributed by atoms with E-state index in [2.05, 4.69) is 10.2 Å². The van der Waals surface area contributed by atoms with Crippen LogP contribution >= 0.6 is 0 Å². The number of anilines is 1. The van der Waals surface area contributed by atoms with Gasteiger partial charge in [-0.3, -0.25) is 4.79 Å². The number of carbonyl (C=O) groups is 1. The predicted octanol–water partition coefficient (Wildman–Crippen LogP) is 0.916. The van der Waals surface area contributed by atoms with Crippen molar-refractivity contribution >= 4 is 11.6 Å². The van der Waals surface area contributed by atoms with Gasteiger partial charge in [0.1, 0.15) is 5.69 Å². The van der Waals surface area contributed by atoms with E-state index in [0.717, 1.165) is 26.2 Å². The molecule has 3 N–H and O–H groups in total. The summed E-state index contributed by atoms with van der Waals surface area (Å²) < 4.78 is 1.88. The van der Waals surface area contributed by atoms with E-state index in [1.54, 1.807) is 12.3 Å². The van der Waals surface area contributed by atoms with Gasteiger partial charge < -0.3 is 20.5 Å². The second-order valence-corrected chi connectivity index (χ2v) is 4.75. The molecular weight excluding hydrogens is 228 g/mol. The van der Waals surface area contributed by atoms with Gasteiger partial charge in [-0.1, -0.05) is 0 Å². The standard InChI is InChI=1S/C13H22N4O/c1-2-17-10-11(14)9-12(17)13(18)15-5-8-16-6-3-4-7-16/h9-10H,2-8,14H2,1H3,(H,15,18). The van der Waals surface area contributed by atoms with E-state index in [1.807, 2.05) is 11.5 Å². The highest BCUT2D eigenvalue weighted by Gasteiger charge is 2.14. The number of aryl methyl sites for hydroxylation is 1. The first-order chi connectivity index (χ1) is 8.70. The zero-order valence-electron chi connectivity index (χ0n) is 11.0. The number of nitrogen functional groups attached to an aromatic ring is 1. The molecule has 5 nitrogen and oxygen atoms in total. The Morgan fingerprint density at radius 3 is 2.83 bits per heavy atom. The molecule has 0 saturated carbocycles. The molecule has 1 aliphatic rings. The molecule has 5 heteroatoms. The van der Waals surface area contributed by atoms with Gasteiger partial charge in [0.15, 0.2) is 0 Å². The highest BCUT2D eigenvalue weighted by atomic mass is 16.1. The van der Waals surface area contributed by atoms with Crippen LogP contribution in [0.2, 0.25) is 0 Å². The molecular formula is C13H22N4O. The summed E-state index contributed by atoms with van der Waals surface area (Å²) in [5.74, 6) is -0.0345. The van der Waals surface area contributed by atoms with E-state index in [9.17, 15) is 4.79 Å². The molecule has 1 aliphatic heterocycles. The van der Waals surface area contributed by atoms with Gasteiger partial charge in [0.2, 0.25) is 0 Å². The molecule has 0 spiro atoms. The van der Waals surface area contributed by atoms with Crippen LogP contribution in [0, 0.1) is 0 Å². The van der Waals surface area contributed by atoms with Gasteiger partial charge in [-0.2, -0.15) is 0 Å². The number of carbonyl (C=O) groups excluding carboxylic acids is 1. The predicted molar refractivity (Wildman–Crippen MR) is 72.5 cm³/mol. The van der Waals surface area contributed by atoms with E-state index in [-0.39, 0.29) is 5.91 Å². The molecule has 1 fully saturated rings. The Hall–Kier alpha value is -1.49. The summed E-state index contributed by atoms with van der Waals surface area (Å²) in [6, 6.07) is 1.73. The lowest BCUT2D eigenvalue weighted by molar-refractivity contribution is 0.0940. The van der Waals surface area contributed by atoms with Crippen molar-refractivity contribution in [2.45, 2.75) is 26.3 Å². The number of hydrogen-bond acceptors (Lipinski definition) is 3. The number of hydrogen-bond donors (Lipinski definition) is 2. The summed E-state index contributed by atoms with van der Waals surface area (Å²) >= 11 is 0. The lowest BCUT2D eigenvalue weighted by Gasteiger charge is -2.15. The van der Waals surface area contributed by atoms with Gasteiger partial charge in [0, 0.05) is 25.8 Å². The maximum atomic E-state index is 12.0. The summed E-state index contributed by atoms with van der Waals surface area (Å²) in [6.07, 6.45) is 4.36. The third-order valence-electron chi connectivity index (χ3n) is 3.40. The van der Waals surface area contributed by atoms with Crippen molar-refractivity contribution in [1.29, 1.82) is 0 Å². The molecule has 100 valence electrons. The molecule has 1 saturated heterocycles. The molecule has 18 heavy (non-hydrogen) atoms. The largest absolute Gasteiger partial charge is 0.397 e. The number of rotatable bonds is 5. The van der Waals surface area contributed by atoms with Gasteiger partial charge in [0.05, 0.1) is 5.69 Å². The Morgan fingerprint density at radius 1 is 1.44 bits per heavy atom. The van der Waals surface area contributed by atoms with Crippen LogP contribution in [0.3, 0.4) is 0 Å². The van der Waals surface area contributed by atoms with Crippen molar-refractivity contribution in [2.75, 3.05) is 31.9 Å². The maximum Gasteiger partial charge on any atom is 0.268 e. The van der Waals surface area contributed by atoms with Crippen molar-refractivity contribution in [3.8, 4) is 0 Å². The number of nitrogens with two attached hydrogens (primary N) is 1. The molecule has 1 aromatic heterocycles. The fraction of sp³-hybridized carbons (Fsp3) is 0.615. The minimum absolute atomic E-state index is 0.0345. The fourth-order valence-corrected chi connectivity index (χ4v) is 2.41. The van der Waals surface area contributed by atoms with Crippen LogP contribution in [-0.2, 0) is 6.54 Å². The van der Waals surface area contributed by atoms with Gasteiger partial charge in [-0.05, 0) is 38.9 Å². The van der Waals surface area contributed by atoms with E-state index < -0.39 is 0 Å². The number of aromatic nitrogens is 1. The monoisotopic (exact) mass is 250 g/mol. The minimum Gasteiger partial charge on any atom is -0.397 e. The molecule has 0 unspecified atom stereocenters. The molecule has 2 rings (SSSR count). The first-order valence-corrected chi connectivity index (χ1v) is 6.67. The van der Waals surface area contributed by atoms with Gasteiger partial charge >= 0.3 is 0 Å². The summed E-state index contributed by atoms with van der Waals surface area (Å²) in [5.41, 5.74) is 7.00.